The van der Waals surface area contributed by atoms with Gasteiger partial charge in [-0.3, -0.25) is 4.79 Å². The fraction of sp³-hybridized carbons (Fsp3) is 0.611. The zero-order valence-corrected chi connectivity index (χ0v) is 13.0. The number of hydrogen-bond donors (Lipinski definition) is 1. The molecule has 0 aromatic heterocycles. The summed E-state index contributed by atoms with van der Waals surface area (Å²) in [6.07, 6.45) is 7.36. The summed E-state index contributed by atoms with van der Waals surface area (Å²) >= 11 is 0. The molecule has 0 unspecified atom stereocenters. The van der Waals surface area contributed by atoms with E-state index in [9.17, 15) is 4.79 Å². The minimum absolute atomic E-state index is 0.186. The predicted octanol–water partition coefficient (Wildman–Crippen LogP) is 3.15. The van der Waals surface area contributed by atoms with E-state index in [2.05, 4.69) is 36.1 Å². The minimum atomic E-state index is -0.606. The Labute approximate surface area is 127 Å². The van der Waals surface area contributed by atoms with Gasteiger partial charge in [0.25, 0.3) is 0 Å². The van der Waals surface area contributed by atoms with E-state index in [0.717, 1.165) is 38.5 Å². The van der Waals surface area contributed by atoms with Gasteiger partial charge in [-0.1, -0.05) is 49.1 Å². The van der Waals surface area contributed by atoms with Crippen molar-refractivity contribution in [2.75, 3.05) is 0 Å². The topological polar surface area (TPSA) is 46.3 Å². The third-order valence-electron chi connectivity index (χ3n) is 4.86. The van der Waals surface area contributed by atoms with Crippen LogP contribution in [0.3, 0.4) is 0 Å². The first kappa shape index (κ1) is 14.6. The molecule has 2 saturated carbocycles. The van der Waals surface area contributed by atoms with Crippen molar-refractivity contribution in [1.29, 1.82) is 0 Å². The van der Waals surface area contributed by atoms with Crippen molar-refractivity contribution in [3.8, 4) is 0 Å². The zero-order valence-electron chi connectivity index (χ0n) is 13.0. The summed E-state index contributed by atoms with van der Waals surface area (Å²) in [6, 6.07) is 8.87. The highest BCUT2D eigenvalue weighted by Gasteiger charge is 2.43. The summed E-state index contributed by atoms with van der Waals surface area (Å²) in [5.74, 6) is 0.186. The molecule has 0 radical (unpaired) electrons. The van der Waals surface area contributed by atoms with E-state index in [1.807, 2.05) is 0 Å². The van der Waals surface area contributed by atoms with E-state index in [4.69, 9.17) is 5.73 Å². The first-order valence-corrected chi connectivity index (χ1v) is 8.24. The van der Waals surface area contributed by atoms with Crippen molar-refractivity contribution in [2.24, 2.45) is 5.73 Å². The second-order valence-electron chi connectivity index (χ2n) is 6.87. The summed E-state index contributed by atoms with van der Waals surface area (Å²) in [7, 11) is 0. The van der Waals surface area contributed by atoms with E-state index >= 15 is 0 Å². The predicted molar refractivity (Wildman–Crippen MR) is 84.8 cm³/mol. The molecule has 1 amide bonds. The average molecular weight is 286 g/mol. The van der Waals surface area contributed by atoms with E-state index in [0.29, 0.717) is 12.6 Å². The average Bonchev–Trinajstić information content (AvgIpc) is 3.29. The molecule has 114 valence electrons. The first-order valence-electron chi connectivity index (χ1n) is 8.24. The van der Waals surface area contributed by atoms with Crippen molar-refractivity contribution in [2.45, 2.75) is 70.0 Å². The number of carbonyl (C=O) groups excluding carboxylic acids is 1. The molecule has 2 fully saturated rings. The van der Waals surface area contributed by atoms with Crippen molar-refractivity contribution in [3.05, 3.63) is 35.4 Å². The molecular formula is C18H26N2O. The van der Waals surface area contributed by atoms with Gasteiger partial charge in [0.1, 0.15) is 0 Å². The van der Waals surface area contributed by atoms with E-state index < -0.39 is 5.54 Å². The van der Waals surface area contributed by atoms with Gasteiger partial charge in [0.2, 0.25) is 5.91 Å². The molecule has 2 N–H and O–H groups in total. The summed E-state index contributed by atoms with van der Waals surface area (Å²) < 4.78 is 0. The third kappa shape index (κ3) is 3.29. The van der Waals surface area contributed by atoms with Crippen LogP contribution in [-0.2, 0) is 11.3 Å². The van der Waals surface area contributed by atoms with Crippen LogP contribution >= 0.6 is 0 Å². The van der Waals surface area contributed by atoms with Crippen molar-refractivity contribution < 1.29 is 4.79 Å². The summed E-state index contributed by atoms with van der Waals surface area (Å²) in [4.78, 5) is 15.0. The van der Waals surface area contributed by atoms with Crippen LogP contribution in [0.5, 0.6) is 0 Å². The quantitative estimate of drug-likeness (QED) is 0.924. The largest absolute Gasteiger partial charge is 0.334 e. The summed E-state index contributed by atoms with van der Waals surface area (Å²) in [5.41, 5.74) is 8.32. The van der Waals surface area contributed by atoms with Crippen LogP contribution in [0.2, 0.25) is 0 Å². The first-order chi connectivity index (χ1) is 10.1. The number of rotatable bonds is 4. The van der Waals surface area contributed by atoms with Crippen LogP contribution in [-0.4, -0.2) is 22.4 Å². The normalized spacial score (nSPS) is 21.0. The monoisotopic (exact) mass is 286 g/mol. The van der Waals surface area contributed by atoms with Gasteiger partial charge in [0.05, 0.1) is 5.54 Å². The molecule has 2 aliphatic carbocycles. The summed E-state index contributed by atoms with van der Waals surface area (Å²) in [5, 5.41) is 0. The lowest BCUT2D eigenvalue weighted by atomic mass is 9.81. The molecule has 0 aliphatic heterocycles. The SMILES string of the molecule is Cc1cccc(CN(C(=O)C2(N)CCCCC2)C2CC2)c1. The standard InChI is InChI=1S/C18H26N2O/c1-14-6-5-7-15(12-14)13-20(16-8-9-16)17(21)18(19)10-3-2-4-11-18/h5-7,12,16H,2-4,8-11,13,19H2,1H3. The van der Waals surface area contributed by atoms with Crippen LogP contribution in [0.4, 0.5) is 0 Å². The molecule has 1 aromatic carbocycles. The third-order valence-corrected chi connectivity index (χ3v) is 4.86. The Morgan fingerprint density at radius 1 is 1.29 bits per heavy atom. The molecule has 0 saturated heterocycles. The van der Waals surface area contributed by atoms with Crippen LogP contribution in [0.1, 0.15) is 56.1 Å². The fourth-order valence-electron chi connectivity index (χ4n) is 3.44. The smallest absolute Gasteiger partial charge is 0.243 e. The molecular weight excluding hydrogens is 260 g/mol. The Kier molecular flexibility index (Phi) is 4.03. The molecule has 3 nitrogen and oxygen atoms in total. The van der Waals surface area contributed by atoms with Gasteiger partial charge < -0.3 is 10.6 Å². The molecule has 21 heavy (non-hydrogen) atoms. The molecule has 3 heteroatoms. The van der Waals surface area contributed by atoms with Gasteiger partial charge in [-0.25, -0.2) is 0 Å². The second-order valence-corrected chi connectivity index (χ2v) is 6.87. The highest BCUT2D eigenvalue weighted by molar-refractivity contribution is 5.86. The number of carbonyl (C=O) groups is 1. The Morgan fingerprint density at radius 2 is 2.00 bits per heavy atom. The second kappa shape index (κ2) is 5.80. The van der Waals surface area contributed by atoms with Crippen LogP contribution in [0.15, 0.2) is 24.3 Å². The lowest BCUT2D eigenvalue weighted by molar-refractivity contribution is -0.139. The molecule has 2 aliphatic rings. The van der Waals surface area contributed by atoms with E-state index in [-0.39, 0.29) is 5.91 Å². The molecule has 3 rings (SSSR count). The van der Waals surface area contributed by atoms with Gasteiger partial charge in [0, 0.05) is 12.6 Å². The lowest BCUT2D eigenvalue weighted by Crippen LogP contribution is -2.56. The maximum atomic E-state index is 13.0. The maximum Gasteiger partial charge on any atom is 0.243 e. The Morgan fingerprint density at radius 3 is 2.62 bits per heavy atom. The molecule has 1 aromatic rings. The van der Waals surface area contributed by atoms with Crippen molar-refractivity contribution >= 4 is 5.91 Å². The van der Waals surface area contributed by atoms with Gasteiger partial charge in [0.15, 0.2) is 0 Å². The number of nitrogens with zero attached hydrogens (tertiary/aromatic N) is 1. The van der Waals surface area contributed by atoms with Gasteiger partial charge in [-0.15, -0.1) is 0 Å². The van der Waals surface area contributed by atoms with Crippen LogP contribution in [0.25, 0.3) is 0 Å². The lowest BCUT2D eigenvalue weighted by Gasteiger charge is -2.37. The highest BCUT2D eigenvalue weighted by atomic mass is 16.2. The molecule has 0 bridgehead atoms. The Bertz CT molecular complexity index is 516. The van der Waals surface area contributed by atoms with Gasteiger partial charge in [-0.05, 0) is 38.2 Å². The van der Waals surface area contributed by atoms with Crippen molar-refractivity contribution in [1.82, 2.24) is 4.90 Å². The minimum Gasteiger partial charge on any atom is -0.334 e. The highest BCUT2D eigenvalue weighted by Crippen LogP contribution is 2.34. The Hall–Kier alpha value is -1.35. The molecule has 0 heterocycles. The number of amides is 1. The maximum absolute atomic E-state index is 13.0. The number of nitrogens with two attached hydrogens (primary N) is 1. The molecule has 0 atom stereocenters. The van der Waals surface area contributed by atoms with E-state index in [1.54, 1.807) is 0 Å². The zero-order chi connectivity index (χ0) is 14.9. The number of benzene rings is 1. The molecule has 0 spiro atoms. The van der Waals surface area contributed by atoms with Gasteiger partial charge in [-0.2, -0.15) is 0 Å². The number of aryl methyl sites for hydroxylation is 1. The van der Waals surface area contributed by atoms with Crippen LogP contribution < -0.4 is 5.73 Å². The fourth-order valence-corrected chi connectivity index (χ4v) is 3.44. The van der Waals surface area contributed by atoms with Crippen LogP contribution in [0, 0.1) is 6.92 Å². The van der Waals surface area contributed by atoms with E-state index in [1.165, 1.54) is 17.5 Å². The Balaban J connectivity index is 1.76. The number of hydrogen-bond acceptors (Lipinski definition) is 2. The summed E-state index contributed by atoms with van der Waals surface area (Å²) in [6.45, 7) is 2.81. The van der Waals surface area contributed by atoms with Gasteiger partial charge >= 0.3 is 0 Å². The van der Waals surface area contributed by atoms with Crippen molar-refractivity contribution in [3.63, 3.8) is 0 Å².